The number of hydrogen-bond acceptors (Lipinski definition) is 6. The Labute approximate surface area is 146 Å². The van der Waals surface area contributed by atoms with Gasteiger partial charge in [0.2, 0.25) is 0 Å². The van der Waals surface area contributed by atoms with E-state index in [1.165, 1.54) is 12.3 Å². The minimum absolute atomic E-state index is 0.194. The van der Waals surface area contributed by atoms with Gasteiger partial charge in [-0.15, -0.1) is 0 Å². The Balaban J connectivity index is 2.20. The lowest BCUT2D eigenvalue weighted by Gasteiger charge is -2.09. The fourth-order valence-corrected chi connectivity index (χ4v) is 2.23. The molecule has 1 aromatic carbocycles. The van der Waals surface area contributed by atoms with Crippen LogP contribution in [0.1, 0.15) is 22.8 Å². The largest absolute Gasteiger partial charge is 0.404 e. The second kappa shape index (κ2) is 7.87. The van der Waals surface area contributed by atoms with Crippen LogP contribution in [0.25, 0.3) is 11.3 Å². The monoisotopic (exact) mass is 336 g/mol. The van der Waals surface area contributed by atoms with E-state index >= 15 is 0 Å². The van der Waals surface area contributed by atoms with Crippen molar-refractivity contribution in [2.24, 2.45) is 11.5 Å². The average molecular weight is 336 g/mol. The summed E-state index contributed by atoms with van der Waals surface area (Å²) >= 11 is 0. The van der Waals surface area contributed by atoms with Crippen LogP contribution in [0.5, 0.6) is 0 Å². The number of carbonyl (C=O) groups excluding carboxylic acids is 1. The molecule has 0 aliphatic heterocycles. The van der Waals surface area contributed by atoms with Crippen LogP contribution in [0.15, 0.2) is 42.6 Å². The molecular weight excluding hydrogens is 316 g/mol. The van der Waals surface area contributed by atoms with Crippen LogP contribution < -0.4 is 16.8 Å². The standard InChI is InChI=1S/C18H20N6O/c1-11-9-12(2)23-17(22-11)15(10-20)18(25)24-14-5-3-13(4-6-14)16(21)7-8-19/h3-10,19H,20-21H2,1-2H3,(H,24,25). The van der Waals surface area contributed by atoms with Gasteiger partial charge in [-0.05, 0) is 43.7 Å². The van der Waals surface area contributed by atoms with E-state index in [9.17, 15) is 4.79 Å². The van der Waals surface area contributed by atoms with Gasteiger partial charge in [0.1, 0.15) is 0 Å². The zero-order valence-corrected chi connectivity index (χ0v) is 14.1. The number of nitrogens with one attached hydrogen (secondary N) is 2. The zero-order chi connectivity index (χ0) is 18.4. The third-order valence-corrected chi connectivity index (χ3v) is 3.37. The first-order chi connectivity index (χ1) is 11.9. The Morgan fingerprint density at radius 2 is 1.76 bits per heavy atom. The van der Waals surface area contributed by atoms with Crippen LogP contribution >= 0.6 is 0 Å². The maximum atomic E-state index is 12.5. The molecule has 1 heterocycles. The van der Waals surface area contributed by atoms with Crippen molar-refractivity contribution in [3.05, 3.63) is 65.4 Å². The van der Waals surface area contributed by atoms with Gasteiger partial charge in [0.25, 0.3) is 5.91 Å². The first-order valence-corrected chi connectivity index (χ1v) is 7.57. The fraction of sp³-hybridized carbons (Fsp3) is 0.111. The van der Waals surface area contributed by atoms with E-state index in [0.29, 0.717) is 11.4 Å². The zero-order valence-electron chi connectivity index (χ0n) is 14.1. The molecule has 0 radical (unpaired) electrons. The van der Waals surface area contributed by atoms with Crippen LogP contribution in [0.3, 0.4) is 0 Å². The molecule has 0 atom stereocenters. The molecule has 6 N–H and O–H groups in total. The van der Waals surface area contributed by atoms with Gasteiger partial charge >= 0.3 is 0 Å². The van der Waals surface area contributed by atoms with Crippen molar-refractivity contribution < 1.29 is 4.79 Å². The van der Waals surface area contributed by atoms with Gasteiger partial charge < -0.3 is 22.2 Å². The highest BCUT2D eigenvalue weighted by molar-refractivity contribution is 6.24. The lowest BCUT2D eigenvalue weighted by molar-refractivity contribution is -0.111. The summed E-state index contributed by atoms with van der Waals surface area (Å²) in [5, 5.41) is 9.79. The molecule has 2 aromatic rings. The number of hydrogen-bond donors (Lipinski definition) is 4. The molecule has 0 aliphatic rings. The van der Waals surface area contributed by atoms with Crippen LogP contribution in [-0.2, 0) is 4.79 Å². The topological polar surface area (TPSA) is 131 Å². The summed E-state index contributed by atoms with van der Waals surface area (Å²) < 4.78 is 0. The van der Waals surface area contributed by atoms with E-state index in [-0.39, 0.29) is 11.4 Å². The molecule has 128 valence electrons. The van der Waals surface area contributed by atoms with Crippen LogP contribution in [0.2, 0.25) is 0 Å². The minimum Gasteiger partial charge on any atom is -0.404 e. The summed E-state index contributed by atoms with van der Waals surface area (Å²) in [5.74, 6) is -0.115. The molecule has 1 amide bonds. The van der Waals surface area contributed by atoms with Gasteiger partial charge in [-0.1, -0.05) is 12.1 Å². The summed E-state index contributed by atoms with van der Waals surface area (Å²) in [7, 11) is 0. The van der Waals surface area contributed by atoms with E-state index in [2.05, 4.69) is 15.3 Å². The Morgan fingerprint density at radius 1 is 1.16 bits per heavy atom. The first kappa shape index (κ1) is 17.9. The smallest absolute Gasteiger partial charge is 0.260 e. The molecule has 0 spiro atoms. The van der Waals surface area contributed by atoms with Crippen LogP contribution in [0.4, 0.5) is 5.69 Å². The Bertz CT molecular complexity index is 832. The Morgan fingerprint density at radius 3 is 2.28 bits per heavy atom. The van der Waals surface area contributed by atoms with Crippen LogP contribution in [-0.4, -0.2) is 22.1 Å². The van der Waals surface area contributed by atoms with Gasteiger partial charge in [-0.3, -0.25) is 4.79 Å². The molecule has 7 heteroatoms. The van der Waals surface area contributed by atoms with Gasteiger partial charge in [0, 0.05) is 35.2 Å². The molecule has 0 saturated carbocycles. The Hall–Kier alpha value is -3.48. The Kier molecular flexibility index (Phi) is 5.62. The van der Waals surface area contributed by atoms with E-state index < -0.39 is 5.91 Å². The molecule has 0 fully saturated rings. The summed E-state index contributed by atoms with van der Waals surface area (Å²) in [6.07, 6.45) is 3.80. The molecule has 7 nitrogen and oxygen atoms in total. The SMILES string of the molecule is Cc1cc(C)nc(C(=CN)C(=O)Nc2ccc(C(N)=CC=N)cc2)n1. The number of anilines is 1. The van der Waals surface area contributed by atoms with Crippen molar-refractivity contribution in [2.75, 3.05) is 5.32 Å². The molecule has 0 saturated heterocycles. The van der Waals surface area contributed by atoms with Crippen LogP contribution in [0, 0.1) is 19.3 Å². The van der Waals surface area contributed by atoms with Crippen molar-refractivity contribution in [2.45, 2.75) is 13.8 Å². The highest BCUT2D eigenvalue weighted by atomic mass is 16.1. The number of benzene rings is 1. The van der Waals surface area contributed by atoms with E-state index in [1.807, 2.05) is 19.9 Å². The fourth-order valence-electron chi connectivity index (χ4n) is 2.23. The number of aromatic nitrogens is 2. The average Bonchev–Trinajstić information content (AvgIpc) is 2.55. The number of nitrogens with zero attached hydrogens (tertiary/aromatic N) is 2. The van der Waals surface area contributed by atoms with Crippen molar-refractivity contribution in [3.63, 3.8) is 0 Å². The maximum Gasteiger partial charge on any atom is 0.260 e. The molecule has 0 unspecified atom stereocenters. The summed E-state index contributed by atoms with van der Waals surface area (Å²) in [5.41, 5.74) is 14.9. The number of aryl methyl sites for hydroxylation is 2. The number of carbonyl (C=O) groups is 1. The van der Waals surface area contributed by atoms with E-state index in [1.54, 1.807) is 24.3 Å². The number of allylic oxidation sites excluding steroid dienone is 1. The van der Waals surface area contributed by atoms with E-state index in [0.717, 1.165) is 23.2 Å². The quantitative estimate of drug-likeness (QED) is 0.490. The summed E-state index contributed by atoms with van der Waals surface area (Å²) in [6.45, 7) is 3.66. The minimum atomic E-state index is -0.400. The summed E-state index contributed by atoms with van der Waals surface area (Å²) in [6, 6.07) is 8.76. The van der Waals surface area contributed by atoms with Gasteiger partial charge in [-0.2, -0.15) is 0 Å². The van der Waals surface area contributed by atoms with E-state index in [4.69, 9.17) is 16.9 Å². The lowest BCUT2D eigenvalue weighted by atomic mass is 10.1. The summed E-state index contributed by atoms with van der Waals surface area (Å²) in [4.78, 5) is 21.0. The molecular formula is C18H20N6O. The normalized spacial score (nSPS) is 11.9. The second-order valence-electron chi connectivity index (χ2n) is 5.37. The number of amides is 1. The van der Waals surface area contributed by atoms with Gasteiger partial charge in [-0.25, -0.2) is 9.97 Å². The first-order valence-electron chi connectivity index (χ1n) is 7.57. The predicted molar refractivity (Wildman–Crippen MR) is 99.7 cm³/mol. The van der Waals surface area contributed by atoms with Crippen molar-refractivity contribution in [1.82, 2.24) is 9.97 Å². The molecule has 25 heavy (non-hydrogen) atoms. The highest BCUT2D eigenvalue weighted by Crippen LogP contribution is 2.17. The van der Waals surface area contributed by atoms with Crippen molar-refractivity contribution in [1.29, 1.82) is 5.41 Å². The molecule has 0 bridgehead atoms. The highest BCUT2D eigenvalue weighted by Gasteiger charge is 2.15. The third kappa shape index (κ3) is 4.51. The lowest BCUT2D eigenvalue weighted by Crippen LogP contribution is -2.17. The third-order valence-electron chi connectivity index (χ3n) is 3.37. The van der Waals surface area contributed by atoms with Crippen molar-refractivity contribution in [3.8, 4) is 0 Å². The van der Waals surface area contributed by atoms with Crippen molar-refractivity contribution >= 4 is 29.1 Å². The molecule has 2 rings (SSSR count). The van der Waals surface area contributed by atoms with Gasteiger partial charge in [0.05, 0.1) is 5.57 Å². The predicted octanol–water partition coefficient (Wildman–Crippen LogP) is 1.98. The molecule has 1 aromatic heterocycles. The van der Waals surface area contributed by atoms with Gasteiger partial charge in [0.15, 0.2) is 5.82 Å². The number of nitrogens with two attached hydrogens (primary N) is 2. The molecule has 0 aliphatic carbocycles. The maximum absolute atomic E-state index is 12.5. The number of rotatable bonds is 5. The second-order valence-corrected chi connectivity index (χ2v) is 5.37.